The molecule has 0 aromatic carbocycles. The number of phosphoric acid groups is 1. The highest BCUT2D eigenvalue weighted by Gasteiger charge is 2.25. The van der Waals surface area contributed by atoms with Gasteiger partial charge in [0, 0.05) is 18.7 Å². The van der Waals surface area contributed by atoms with Gasteiger partial charge in [-0.05, 0) is 60.2 Å². The van der Waals surface area contributed by atoms with Gasteiger partial charge in [-0.2, -0.15) is 0 Å². The fraction of sp³-hybridized carbons (Fsp3) is 1.00. The molecule has 7 nitrogen and oxygen atoms in total. The second-order valence-electron chi connectivity index (χ2n) is 20.0. The first-order valence-electron chi connectivity index (χ1n) is 25.5. The van der Waals surface area contributed by atoms with Crippen LogP contribution in [0.25, 0.3) is 0 Å². The number of likely N-dealkylation sites (N-methyl/N-ethyl adjacent to an activating group) is 1. The van der Waals surface area contributed by atoms with Crippen LogP contribution in [-0.2, 0) is 23.1 Å². The number of nitrogens with zero attached hydrogens (tertiary/aromatic N) is 1. The summed E-state index contributed by atoms with van der Waals surface area (Å²) in [5.74, 6) is 3.27. The van der Waals surface area contributed by atoms with Crippen LogP contribution in [0.4, 0.5) is 0 Å². The van der Waals surface area contributed by atoms with Crippen molar-refractivity contribution in [2.75, 3.05) is 60.7 Å². The van der Waals surface area contributed by atoms with Gasteiger partial charge in [0.15, 0.2) is 0 Å². The zero-order chi connectivity index (χ0) is 45.4. The van der Waals surface area contributed by atoms with Crippen LogP contribution >= 0.6 is 7.82 Å². The first-order valence-corrected chi connectivity index (χ1v) is 25.0. The number of hydrogen-bond acceptors (Lipinski definition) is 5. The molecule has 1 aliphatic heterocycles. The number of rotatable bonds is 7. The fourth-order valence-electron chi connectivity index (χ4n) is 7.71. The van der Waals surface area contributed by atoms with Crippen LogP contribution in [0.5, 0.6) is 0 Å². The Morgan fingerprint density at radius 3 is 1.34 bits per heavy atom. The van der Waals surface area contributed by atoms with Gasteiger partial charge in [0.1, 0.15) is 19.3 Å². The van der Waals surface area contributed by atoms with E-state index in [-0.39, 0.29) is 25.0 Å². The maximum Gasteiger partial charge on any atom is 0.472 e. The molecular formula is C48H99NO6P+. The van der Waals surface area contributed by atoms with E-state index in [9.17, 15) is 9.46 Å². The van der Waals surface area contributed by atoms with E-state index in [0.717, 1.165) is 64.2 Å². The van der Waals surface area contributed by atoms with Gasteiger partial charge in [-0.15, -0.1) is 0 Å². The molecule has 0 spiro atoms. The van der Waals surface area contributed by atoms with Gasteiger partial charge in [0.05, 0.1) is 34.4 Å². The molecule has 2 unspecified atom stereocenters. The SMILES string of the molecule is [2H]C1([2H])CC[C@@H](C)CCC[C@@H](C)CCC[C@@H](C)CCOCC(COP(=O)(O)OCC[N+](C)(C)C)OCC[C@H](C)CCC[C@H](C)CCC[C@H](C)CCC([2H])([2H])[C@H](C)CC[C@H]1C. The van der Waals surface area contributed by atoms with Crippen molar-refractivity contribution in [3.8, 4) is 0 Å². The first-order chi connectivity index (χ1) is 27.9. The van der Waals surface area contributed by atoms with Crippen molar-refractivity contribution in [1.82, 2.24) is 0 Å². The summed E-state index contributed by atoms with van der Waals surface area (Å²) in [5.41, 5.74) is 0. The maximum atomic E-state index is 12.7. The van der Waals surface area contributed by atoms with Crippen molar-refractivity contribution < 1.29 is 37.9 Å². The minimum Gasteiger partial charge on any atom is -0.379 e. The topological polar surface area (TPSA) is 74.2 Å². The van der Waals surface area contributed by atoms with E-state index in [4.69, 9.17) is 24.0 Å². The zero-order valence-electron chi connectivity index (χ0n) is 43.0. The molecule has 0 aromatic rings. The largest absolute Gasteiger partial charge is 0.472 e. The molecule has 1 heterocycles. The number of quaternary nitrogens is 1. The smallest absolute Gasteiger partial charge is 0.379 e. The van der Waals surface area contributed by atoms with Crippen molar-refractivity contribution in [2.45, 2.75) is 203 Å². The molecule has 0 aliphatic carbocycles. The van der Waals surface area contributed by atoms with Crippen LogP contribution in [-0.4, -0.2) is 76.2 Å². The predicted molar refractivity (Wildman–Crippen MR) is 240 cm³/mol. The van der Waals surface area contributed by atoms with Crippen LogP contribution in [0.15, 0.2) is 0 Å². The first kappa shape index (κ1) is 47.0. The van der Waals surface area contributed by atoms with E-state index in [1.165, 1.54) is 51.4 Å². The van der Waals surface area contributed by atoms with E-state index in [2.05, 4.69) is 41.5 Å². The Kier molecular flexibility index (Phi) is 26.7. The lowest BCUT2D eigenvalue weighted by molar-refractivity contribution is -0.870. The summed E-state index contributed by atoms with van der Waals surface area (Å²) >= 11 is 0. The Hall–Kier alpha value is -0.0100. The average Bonchev–Trinajstić information content (AvgIpc) is 3.14. The van der Waals surface area contributed by atoms with Gasteiger partial charge in [0.2, 0.25) is 0 Å². The van der Waals surface area contributed by atoms with Crippen LogP contribution < -0.4 is 0 Å². The molecule has 1 N–H and O–H groups in total. The number of phosphoric ester groups is 1. The summed E-state index contributed by atoms with van der Waals surface area (Å²) in [4.78, 5) is 10.4. The minimum absolute atomic E-state index is 0.0600. The molecule has 0 saturated carbocycles. The van der Waals surface area contributed by atoms with Gasteiger partial charge >= 0.3 is 7.82 Å². The lowest BCUT2D eigenvalue weighted by Crippen LogP contribution is -2.37. The Morgan fingerprint density at radius 1 is 0.554 bits per heavy atom. The summed E-state index contributed by atoms with van der Waals surface area (Å²) in [6.45, 7) is 20.1. The highest BCUT2D eigenvalue weighted by molar-refractivity contribution is 7.47. The average molecular weight is 821 g/mol. The predicted octanol–water partition coefficient (Wildman–Crippen LogP) is 13.9. The molecule has 8 heteroatoms. The normalized spacial score (nSPS) is 36.1. The van der Waals surface area contributed by atoms with E-state index < -0.39 is 26.7 Å². The molecule has 1 aliphatic rings. The third-order valence-corrected chi connectivity index (χ3v) is 13.3. The molecular weight excluding hydrogens is 718 g/mol. The third-order valence-electron chi connectivity index (χ3n) is 12.3. The van der Waals surface area contributed by atoms with Crippen molar-refractivity contribution >= 4 is 7.82 Å². The fourth-order valence-corrected chi connectivity index (χ4v) is 8.45. The Labute approximate surface area is 355 Å². The number of hydrogen-bond donors (Lipinski definition) is 1. The molecule has 1 fully saturated rings. The summed E-state index contributed by atoms with van der Waals surface area (Å²) in [6.07, 6.45) is 17.6. The van der Waals surface area contributed by atoms with Crippen LogP contribution in [0.1, 0.15) is 202 Å². The van der Waals surface area contributed by atoms with E-state index >= 15 is 0 Å². The Balaban J connectivity index is 2.82. The summed E-state index contributed by atoms with van der Waals surface area (Å²) in [6, 6.07) is 0. The zero-order valence-corrected chi connectivity index (χ0v) is 39.9. The van der Waals surface area contributed by atoms with Gasteiger partial charge < -0.3 is 18.9 Å². The molecule has 0 bridgehead atoms. The second-order valence-corrected chi connectivity index (χ2v) is 21.4. The van der Waals surface area contributed by atoms with Crippen molar-refractivity contribution in [3.63, 3.8) is 0 Å². The lowest BCUT2D eigenvalue weighted by atomic mass is 9.88. The summed E-state index contributed by atoms with van der Waals surface area (Å²) < 4.78 is 71.7. The molecule has 10 atom stereocenters. The number of ether oxygens (including phenoxy) is 2. The quantitative estimate of drug-likeness (QED) is 0.204. The van der Waals surface area contributed by atoms with Crippen LogP contribution in [0, 0.1) is 47.3 Å². The Bertz CT molecular complexity index is 1130. The monoisotopic (exact) mass is 821 g/mol. The lowest BCUT2D eigenvalue weighted by Gasteiger charge is -2.24. The van der Waals surface area contributed by atoms with Gasteiger partial charge in [0.25, 0.3) is 0 Å². The van der Waals surface area contributed by atoms with Crippen molar-refractivity contribution in [3.05, 3.63) is 0 Å². The second kappa shape index (κ2) is 31.8. The van der Waals surface area contributed by atoms with Gasteiger partial charge in [-0.1, -0.05) is 184 Å². The van der Waals surface area contributed by atoms with Crippen LogP contribution in [0.2, 0.25) is 0 Å². The highest BCUT2D eigenvalue weighted by atomic mass is 31.2. The standard InChI is InChI=1S/C48H98NO6P/c1-40-18-12-20-42(3)24-16-28-46(7)32-35-52-38-48(39-55-56(50,51)54-37-34-49(9,10)11)53-36-33-47(8)29-17-25-43(4)21-13-19-41(2)23-15-27-45(6)31-30-44(5)26-14-22-40/h40-48H,12-39H2,1-11H3/p+1/t40-,41-,42+,43+,44-,45-,46+,47+,48?/m0/s1/i26D2,27D2. The minimum atomic E-state index is -4.21. The maximum absolute atomic E-state index is 12.7. The summed E-state index contributed by atoms with van der Waals surface area (Å²) in [7, 11) is 1.81. The van der Waals surface area contributed by atoms with E-state index in [0.29, 0.717) is 79.2 Å². The molecule has 0 aromatic heterocycles. The van der Waals surface area contributed by atoms with Crippen LogP contribution in [0.3, 0.4) is 0 Å². The van der Waals surface area contributed by atoms with Gasteiger partial charge in [-0.3, -0.25) is 9.05 Å². The molecule has 56 heavy (non-hydrogen) atoms. The third kappa shape index (κ3) is 32.8. The Morgan fingerprint density at radius 2 is 0.929 bits per heavy atom. The molecule has 0 radical (unpaired) electrons. The molecule has 1 rings (SSSR count). The van der Waals surface area contributed by atoms with E-state index in [1.807, 2.05) is 35.0 Å². The summed E-state index contributed by atoms with van der Waals surface area (Å²) in [5, 5.41) is 0. The van der Waals surface area contributed by atoms with Crippen molar-refractivity contribution in [2.24, 2.45) is 47.3 Å². The molecule has 0 amide bonds. The van der Waals surface area contributed by atoms with Gasteiger partial charge in [-0.25, -0.2) is 4.57 Å². The highest BCUT2D eigenvalue weighted by Crippen LogP contribution is 2.43. The van der Waals surface area contributed by atoms with Crippen molar-refractivity contribution in [1.29, 1.82) is 0 Å². The molecule has 336 valence electrons. The molecule has 1 saturated heterocycles. The van der Waals surface area contributed by atoms with E-state index in [1.54, 1.807) is 0 Å².